The van der Waals surface area contributed by atoms with E-state index in [1.807, 2.05) is 0 Å². The van der Waals surface area contributed by atoms with Crippen LogP contribution in [0, 0.1) is 17.8 Å². The molecule has 2 aliphatic carbocycles. The zero-order valence-corrected chi connectivity index (χ0v) is 10.5. The molecule has 98 valence electrons. The van der Waals surface area contributed by atoms with Gasteiger partial charge in [0.05, 0.1) is 7.11 Å². The summed E-state index contributed by atoms with van der Waals surface area (Å²) in [5.74, 6) is 1.27. The van der Waals surface area contributed by atoms with Crippen molar-refractivity contribution in [3.05, 3.63) is 0 Å². The molecule has 2 fully saturated rings. The Balaban J connectivity index is 1.80. The Labute approximate surface area is 103 Å². The van der Waals surface area contributed by atoms with Gasteiger partial charge in [-0.2, -0.15) is 0 Å². The summed E-state index contributed by atoms with van der Waals surface area (Å²) in [5.41, 5.74) is 0. The first-order valence-electron chi connectivity index (χ1n) is 6.68. The molecule has 0 radical (unpaired) electrons. The van der Waals surface area contributed by atoms with Crippen molar-refractivity contribution in [2.45, 2.75) is 38.1 Å². The average molecular weight is 241 g/mol. The molecule has 4 heteroatoms. The lowest BCUT2D eigenvalue weighted by Gasteiger charge is -2.22. The number of carbonyl (C=O) groups excluding carboxylic acids is 1. The highest BCUT2D eigenvalue weighted by molar-refractivity contribution is 5.76. The summed E-state index contributed by atoms with van der Waals surface area (Å²) in [5, 5.41) is 12.6. The lowest BCUT2D eigenvalue weighted by Crippen LogP contribution is -2.42. The van der Waals surface area contributed by atoms with E-state index < -0.39 is 0 Å². The molecule has 3 unspecified atom stereocenters. The van der Waals surface area contributed by atoms with Crippen molar-refractivity contribution in [1.29, 1.82) is 0 Å². The molecule has 3 atom stereocenters. The highest BCUT2D eigenvalue weighted by Gasteiger charge is 2.37. The quantitative estimate of drug-likeness (QED) is 0.679. The molecule has 0 heterocycles. The SMILES string of the molecule is COC(=O)C(NCC1CCCC1CO)C1CC1. The maximum Gasteiger partial charge on any atom is 0.323 e. The number of aliphatic hydroxyl groups is 1. The number of carbonyl (C=O) groups is 1. The maximum atomic E-state index is 11.6. The van der Waals surface area contributed by atoms with E-state index in [1.165, 1.54) is 13.5 Å². The van der Waals surface area contributed by atoms with Crippen LogP contribution in [-0.2, 0) is 9.53 Å². The van der Waals surface area contributed by atoms with Gasteiger partial charge in [0.1, 0.15) is 6.04 Å². The van der Waals surface area contributed by atoms with Crippen LogP contribution < -0.4 is 5.32 Å². The van der Waals surface area contributed by atoms with Gasteiger partial charge in [0.15, 0.2) is 0 Å². The first-order chi connectivity index (χ1) is 8.26. The van der Waals surface area contributed by atoms with Gasteiger partial charge in [0.25, 0.3) is 0 Å². The maximum absolute atomic E-state index is 11.6. The third-order valence-corrected chi connectivity index (χ3v) is 4.20. The van der Waals surface area contributed by atoms with Crippen LogP contribution >= 0.6 is 0 Å². The van der Waals surface area contributed by atoms with Crippen LogP contribution in [0.25, 0.3) is 0 Å². The van der Waals surface area contributed by atoms with Crippen molar-refractivity contribution < 1.29 is 14.6 Å². The molecule has 0 amide bonds. The molecular formula is C13H23NO3. The molecule has 0 spiro atoms. The number of ether oxygens (including phenoxy) is 1. The second-order valence-electron chi connectivity index (χ2n) is 5.38. The summed E-state index contributed by atoms with van der Waals surface area (Å²) in [6.07, 6.45) is 5.73. The summed E-state index contributed by atoms with van der Waals surface area (Å²) < 4.78 is 4.83. The molecule has 0 aromatic rings. The van der Waals surface area contributed by atoms with Crippen LogP contribution in [0.15, 0.2) is 0 Å². The second kappa shape index (κ2) is 5.83. The van der Waals surface area contributed by atoms with Crippen LogP contribution in [0.2, 0.25) is 0 Å². The van der Waals surface area contributed by atoms with Gasteiger partial charge in [-0.15, -0.1) is 0 Å². The third kappa shape index (κ3) is 3.19. The van der Waals surface area contributed by atoms with E-state index in [9.17, 15) is 9.90 Å². The van der Waals surface area contributed by atoms with Crippen LogP contribution in [0.1, 0.15) is 32.1 Å². The normalized spacial score (nSPS) is 30.2. The zero-order valence-electron chi connectivity index (χ0n) is 10.5. The minimum absolute atomic E-state index is 0.125. The van der Waals surface area contributed by atoms with E-state index in [4.69, 9.17) is 4.74 Å². The molecule has 0 aliphatic heterocycles. The summed E-state index contributed by atoms with van der Waals surface area (Å²) in [7, 11) is 1.45. The van der Waals surface area contributed by atoms with Gasteiger partial charge < -0.3 is 15.2 Å². The Kier molecular flexibility index (Phi) is 4.40. The molecule has 4 nitrogen and oxygen atoms in total. The van der Waals surface area contributed by atoms with Crippen LogP contribution in [0.3, 0.4) is 0 Å². The van der Waals surface area contributed by atoms with Gasteiger partial charge in [0.2, 0.25) is 0 Å². The minimum atomic E-state index is -0.133. The molecule has 0 bridgehead atoms. The molecule has 2 N–H and O–H groups in total. The molecule has 0 aromatic carbocycles. The fourth-order valence-electron chi connectivity index (χ4n) is 2.90. The van der Waals surface area contributed by atoms with Gasteiger partial charge >= 0.3 is 5.97 Å². The fourth-order valence-corrected chi connectivity index (χ4v) is 2.90. The van der Waals surface area contributed by atoms with Gasteiger partial charge in [0, 0.05) is 6.61 Å². The van der Waals surface area contributed by atoms with E-state index in [2.05, 4.69) is 5.32 Å². The average Bonchev–Trinajstić information content (AvgIpc) is 3.07. The van der Waals surface area contributed by atoms with Gasteiger partial charge in [-0.3, -0.25) is 4.79 Å². The molecule has 2 aliphatic rings. The second-order valence-corrected chi connectivity index (χ2v) is 5.38. The third-order valence-electron chi connectivity index (χ3n) is 4.20. The monoisotopic (exact) mass is 241 g/mol. The number of methoxy groups -OCH3 is 1. The Bertz CT molecular complexity index is 265. The predicted molar refractivity (Wildman–Crippen MR) is 64.4 cm³/mol. The largest absolute Gasteiger partial charge is 0.468 e. The molecule has 2 rings (SSSR count). The van der Waals surface area contributed by atoms with Gasteiger partial charge in [-0.05, 0) is 50.0 Å². The van der Waals surface area contributed by atoms with Gasteiger partial charge in [-0.25, -0.2) is 0 Å². The number of aliphatic hydroxyl groups excluding tert-OH is 1. The molecule has 2 saturated carbocycles. The van der Waals surface area contributed by atoms with Crippen LogP contribution in [-0.4, -0.2) is 37.4 Å². The number of hydrogen-bond donors (Lipinski definition) is 2. The molecule has 0 aromatic heterocycles. The summed E-state index contributed by atoms with van der Waals surface area (Å²) in [4.78, 5) is 11.6. The highest BCUT2D eigenvalue weighted by atomic mass is 16.5. The lowest BCUT2D eigenvalue weighted by molar-refractivity contribution is -0.143. The van der Waals surface area contributed by atoms with E-state index in [1.54, 1.807) is 0 Å². The van der Waals surface area contributed by atoms with E-state index >= 15 is 0 Å². The molecule has 17 heavy (non-hydrogen) atoms. The topological polar surface area (TPSA) is 58.6 Å². The zero-order chi connectivity index (χ0) is 12.3. The van der Waals surface area contributed by atoms with E-state index in [0.29, 0.717) is 17.8 Å². The van der Waals surface area contributed by atoms with Gasteiger partial charge in [-0.1, -0.05) is 6.42 Å². The Hall–Kier alpha value is -0.610. The Morgan fingerprint density at radius 1 is 1.35 bits per heavy atom. The van der Waals surface area contributed by atoms with Crippen molar-refractivity contribution in [2.24, 2.45) is 17.8 Å². The smallest absolute Gasteiger partial charge is 0.323 e. The van der Waals surface area contributed by atoms with Crippen molar-refractivity contribution in [2.75, 3.05) is 20.3 Å². The Morgan fingerprint density at radius 3 is 2.65 bits per heavy atom. The summed E-state index contributed by atoms with van der Waals surface area (Å²) >= 11 is 0. The van der Waals surface area contributed by atoms with Crippen LogP contribution in [0.5, 0.6) is 0 Å². The highest BCUT2D eigenvalue weighted by Crippen LogP contribution is 2.34. The van der Waals surface area contributed by atoms with Crippen molar-refractivity contribution in [1.82, 2.24) is 5.32 Å². The first-order valence-corrected chi connectivity index (χ1v) is 6.68. The van der Waals surface area contributed by atoms with Crippen LogP contribution in [0.4, 0.5) is 0 Å². The predicted octanol–water partition coefficient (Wildman–Crippen LogP) is 0.936. The Morgan fingerprint density at radius 2 is 2.06 bits per heavy atom. The standard InChI is InChI=1S/C13H23NO3/c1-17-13(16)12(9-5-6-9)14-7-10-3-2-4-11(10)8-15/h9-12,14-15H,2-8H2,1H3. The van der Waals surface area contributed by atoms with Crippen molar-refractivity contribution in [3.63, 3.8) is 0 Å². The van der Waals surface area contributed by atoms with E-state index in [-0.39, 0.29) is 18.6 Å². The van der Waals surface area contributed by atoms with Crippen molar-refractivity contribution in [3.8, 4) is 0 Å². The summed E-state index contributed by atoms with van der Waals surface area (Å²) in [6, 6.07) is -0.125. The number of nitrogens with one attached hydrogen (secondary N) is 1. The first kappa shape index (κ1) is 12.8. The minimum Gasteiger partial charge on any atom is -0.468 e. The number of esters is 1. The molecular weight excluding hydrogens is 218 g/mol. The number of hydrogen-bond acceptors (Lipinski definition) is 4. The lowest BCUT2D eigenvalue weighted by atomic mass is 9.96. The van der Waals surface area contributed by atoms with E-state index in [0.717, 1.165) is 32.2 Å². The molecule has 0 saturated heterocycles. The summed E-state index contributed by atoms with van der Waals surface area (Å²) in [6.45, 7) is 1.11. The fraction of sp³-hybridized carbons (Fsp3) is 0.923. The van der Waals surface area contributed by atoms with Crippen molar-refractivity contribution >= 4 is 5.97 Å². The number of rotatable bonds is 6.